The summed E-state index contributed by atoms with van der Waals surface area (Å²) in [5.74, 6) is -0.507. The van der Waals surface area contributed by atoms with E-state index < -0.39 is 20.0 Å². The van der Waals surface area contributed by atoms with Gasteiger partial charge in [0.15, 0.2) is 0 Å². The highest BCUT2D eigenvalue weighted by Crippen LogP contribution is 2.26. The molecule has 4 rings (SSSR count). The molecule has 4 N–H and O–H groups in total. The maximum absolute atomic E-state index is 12.7. The molecule has 0 unspecified atom stereocenters. The highest BCUT2D eigenvalue weighted by molar-refractivity contribution is 7.93. The highest BCUT2D eigenvalue weighted by atomic mass is 32.2. The highest BCUT2D eigenvalue weighted by Gasteiger charge is 2.16. The molecule has 0 aliphatic heterocycles. The van der Waals surface area contributed by atoms with Crippen LogP contribution in [0.5, 0.6) is 0 Å². The van der Waals surface area contributed by atoms with Crippen LogP contribution in [-0.4, -0.2) is 28.6 Å². The Labute approximate surface area is 232 Å². The Morgan fingerprint density at radius 1 is 0.450 bits per heavy atom. The fourth-order valence-corrected chi connectivity index (χ4v) is 5.85. The minimum atomic E-state index is -3.84. The minimum Gasteiger partial charge on any atom is -0.326 e. The lowest BCUT2D eigenvalue weighted by molar-refractivity contribution is -0.115. The van der Waals surface area contributed by atoms with Crippen molar-refractivity contribution in [3.8, 4) is 11.1 Å². The van der Waals surface area contributed by atoms with Crippen LogP contribution in [0, 0.1) is 0 Å². The second-order valence-electron chi connectivity index (χ2n) is 8.78. The van der Waals surface area contributed by atoms with Crippen LogP contribution in [0.15, 0.2) is 107 Å². The zero-order valence-corrected chi connectivity index (χ0v) is 23.1. The second kappa shape index (κ2) is 11.6. The summed E-state index contributed by atoms with van der Waals surface area (Å²) in [6, 6.07) is 25.1. The number of benzene rings is 4. The van der Waals surface area contributed by atoms with E-state index in [9.17, 15) is 26.4 Å². The van der Waals surface area contributed by atoms with Crippen LogP contribution in [-0.2, 0) is 29.6 Å². The Bertz CT molecular complexity index is 1600. The van der Waals surface area contributed by atoms with E-state index in [0.29, 0.717) is 22.7 Å². The lowest BCUT2D eigenvalue weighted by Gasteiger charge is -2.11. The number of rotatable bonds is 9. The first-order chi connectivity index (χ1) is 18.9. The van der Waals surface area contributed by atoms with Gasteiger partial charge in [0.05, 0.1) is 9.79 Å². The molecule has 0 aliphatic rings. The van der Waals surface area contributed by atoms with Gasteiger partial charge in [-0.2, -0.15) is 0 Å². The number of hydrogen-bond donors (Lipinski definition) is 4. The van der Waals surface area contributed by atoms with E-state index in [1.165, 1.54) is 62.4 Å². The van der Waals surface area contributed by atoms with Crippen molar-refractivity contribution in [2.24, 2.45) is 0 Å². The van der Waals surface area contributed by atoms with Gasteiger partial charge in [-0.25, -0.2) is 16.8 Å². The summed E-state index contributed by atoms with van der Waals surface area (Å²) in [6.45, 7) is 2.73. The lowest BCUT2D eigenvalue weighted by atomic mass is 10.1. The molecule has 0 fully saturated rings. The Morgan fingerprint density at radius 2 is 0.725 bits per heavy atom. The number of carbonyl (C=O) groups excluding carboxylic acids is 2. The number of sulfonamides is 2. The van der Waals surface area contributed by atoms with Gasteiger partial charge in [0, 0.05) is 36.6 Å². The first-order valence-electron chi connectivity index (χ1n) is 11.9. The van der Waals surface area contributed by atoms with E-state index >= 15 is 0 Å². The molecule has 0 saturated carbocycles. The molecule has 0 atom stereocenters. The third-order valence-electron chi connectivity index (χ3n) is 5.58. The van der Waals surface area contributed by atoms with Crippen LogP contribution < -0.4 is 20.1 Å². The minimum absolute atomic E-state index is 0.0485. The van der Waals surface area contributed by atoms with Crippen molar-refractivity contribution in [3.63, 3.8) is 0 Å². The van der Waals surface area contributed by atoms with Crippen LogP contribution in [0.2, 0.25) is 0 Å². The summed E-state index contributed by atoms with van der Waals surface area (Å²) in [6.07, 6.45) is 0. The molecular formula is C28H26N4O6S2. The molecule has 40 heavy (non-hydrogen) atoms. The molecule has 4 aromatic rings. The number of carbonyl (C=O) groups is 2. The average molecular weight is 579 g/mol. The van der Waals surface area contributed by atoms with Gasteiger partial charge in [0.25, 0.3) is 20.0 Å². The Morgan fingerprint density at radius 3 is 1.00 bits per heavy atom. The molecule has 0 bridgehead atoms. The zero-order chi connectivity index (χ0) is 28.9. The van der Waals surface area contributed by atoms with Crippen molar-refractivity contribution in [1.29, 1.82) is 0 Å². The van der Waals surface area contributed by atoms with Gasteiger partial charge in [-0.1, -0.05) is 24.3 Å². The third-order valence-corrected chi connectivity index (χ3v) is 8.37. The smallest absolute Gasteiger partial charge is 0.261 e. The summed E-state index contributed by atoms with van der Waals surface area (Å²) in [7, 11) is -7.67. The van der Waals surface area contributed by atoms with E-state index in [4.69, 9.17) is 0 Å². The largest absolute Gasteiger partial charge is 0.326 e. The molecule has 12 heteroatoms. The first kappa shape index (κ1) is 28.3. The molecule has 0 aromatic heterocycles. The summed E-state index contributed by atoms with van der Waals surface area (Å²) < 4.78 is 56.0. The number of hydrogen-bond acceptors (Lipinski definition) is 6. The molecule has 0 heterocycles. The third kappa shape index (κ3) is 7.24. The number of nitrogens with one attached hydrogen (secondary N) is 4. The molecule has 206 valence electrons. The van der Waals surface area contributed by atoms with Crippen molar-refractivity contribution in [2.45, 2.75) is 23.6 Å². The average Bonchev–Trinajstić information content (AvgIpc) is 2.89. The maximum atomic E-state index is 12.7. The fraction of sp³-hybridized carbons (Fsp3) is 0.0714. The Balaban J connectivity index is 1.41. The predicted octanol–water partition coefficient (Wildman–Crippen LogP) is 4.87. The summed E-state index contributed by atoms with van der Waals surface area (Å²) in [4.78, 5) is 22.4. The summed E-state index contributed by atoms with van der Waals surface area (Å²) >= 11 is 0. The van der Waals surface area contributed by atoms with Gasteiger partial charge in [-0.3, -0.25) is 19.0 Å². The fourth-order valence-electron chi connectivity index (χ4n) is 3.73. The van der Waals surface area contributed by atoms with Gasteiger partial charge in [0.2, 0.25) is 11.8 Å². The van der Waals surface area contributed by atoms with Crippen LogP contribution in [0.1, 0.15) is 13.8 Å². The van der Waals surface area contributed by atoms with E-state index in [1.807, 2.05) is 0 Å². The van der Waals surface area contributed by atoms with Crippen molar-refractivity contribution in [1.82, 2.24) is 0 Å². The van der Waals surface area contributed by atoms with Crippen molar-refractivity contribution < 1.29 is 26.4 Å². The topological polar surface area (TPSA) is 151 Å². The number of amides is 2. The molecule has 0 saturated heterocycles. The molecule has 0 aliphatic carbocycles. The molecule has 10 nitrogen and oxygen atoms in total. The predicted molar refractivity (Wildman–Crippen MR) is 155 cm³/mol. The zero-order valence-electron chi connectivity index (χ0n) is 21.5. The normalized spacial score (nSPS) is 11.3. The van der Waals surface area contributed by atoms with Gasteiger partial charge in [0.1, 0.15) is 0 Å². The quantitative estimate of drug-likeness (QED) is 0.222. The summed E-state index contributed by atoms with van der Waals surface area (Å²) in [5.41, 5.74) is 3.31. The van der Waals surface area contributed by atoms with E-state index in [-0.39, 0.29) is 21.6 Å². The van der Waals surface area contributed by atoms with E-state index in [2.05, 4.69) is 20.1 Å². The van der Waals surface area contributed by atoms with Crippen LogP contribution in [0.4, 0.5) is 22.7 Å². The van der Waals surface area contributed by atoms with E-state index in [0.717, 1.165) is 11.1 Å². The van der Waals surface area contributed by atoms with E-state index in [1.54, 1.807) is 48.5 Å². The molecule has 2 amide bonds. The molecule has 0 spiro atoms. The van der Waals surface area contributed by atoms with Gasteiger partial charge in [-0.05, 0) is 83.9 Å². The molecule has 4 aromatic carbocycles. The monoisotopic (exact) mass is 578 g/mol. The second-order valence-corrected chi connectivity index (χ2v) is 12.1. The van der Waals surface area contributed by atoms with Crippen LogP contribution in [0.25, 0.3) is 11.1 Å². The van der Waals surface area contributed by atoms with Crippen molar-refractivity contribution >= 4 is 54.6 Å². The van der Waals surface area contributed by atoms with Crippen molar-refractivity contribution in [3.05, 3.63) is 97.1 Å². The van der Waals surface area contributed by atoms with Crippen LogP contribution in [0.3, 0.4) is 0 Å². The van der Waals surface area contributed by atoms with Gasteiger partial charge >= 0.3 is 0 Å². The Kier molecular flexibility index (Phi) is 8.21. The van der Waals surface area contributed by atoms with Crippen molar-refractivity contribution in [2.75, 3.05) is 20.1 Å². The SMILES string of the molecule is CC(=O)Nc1ccc(S(=O)(=O)Nc2ccc(-c3ccc(NS(=O)(=O)c4ccc(NC(C)=O)cc4)cc3)cc2)cc1. The van der Waals surface area contributed by atoms with Crippen LogP contribution >= 0.6 is 0 Å². The number of anilines is 4. The first-order valence-corrected chi connectivity index (χ1v) is 14.9. The van der Waals surface area contributed by atoms with Gasteiger partial charge in [-0.15, -0.1) is 0 Å². The molecular weight excluding hydrogens is 552 g/mol. The maximum Gasteiger partial charge on any atom is 0.261 e. The molecule has 0 radical (unpaired) electrons. The van der Waals surface area contributed by atoms with Gasteiger partial charge < -0.3 is 10.6 Å². The Hall–Kier alpha value is -4.68. The summed E-state index contributed by atoms with van der Waals surface area (Å²) in [5, 5.41) is 5.17. The lowest BCUT2D eigenvalue weighted by Crippen LogP contribution is -2.13. The standard InChI is InChI=1S/C28H26N4O6S2/c1-19(33)29-23-11-15-27(16-12-23)39(35,36)31-25-7-3-21(4-8-25)22-5-9-26(10-6-22)32-40(37,38)28-17-13-24(14-18-28)30-20(2)34/h3-18,31-32H,1-2H3,(H,29,33)(H,30,34).